The quantitative estimate of drug-likeness (QED) is 0.726. The molecule has 4 heteroatoms. The van der Waals surface area contributed by atoms with E-state index >= 15 is 0 Å². The van der Waals surface area contributed by atoms with Crippen LogP contribution in [-0.2, 0) is 11.3 Å². The second kappa shape index (κ2) is 7.84. The molecule has 0 unspecified atom stereocenters. The Morgan fingerprint density at radius 1 is 1.28 bits per heavy atom. The second-order valence-electron chi connectivity index (χ2n) is 4.62. The van der Waals surface area contributed by atoms with Gasteiger partial charge >= 0.3 is 0 Å². The van der Waals surface area contributed by atoms with Crippen molar-refractivity contribution in [2.75, 3.05) is 26.0 Å². The molecule has 1 aromatic carbocycles. The van der Waals surface area contributed by atoms with E-state index < -0.39 is 0 Å². The summed E-state index contributed by atoms with van der Waals surface area (Å²) in [7, 11) is 4.00. The SMILES string of the molecule is CN(C)Cc1ccccc1NC(=O)CCCCO. The smallest absolute Gasteiger partial charge is 0.224 e. The maximum absolute atomic E-state index is 11.7. The van der Waals surface area contributed by atoms with Crippen LogP contribution >= 0.6 is 0 Å². The number of aliphatic hydroxyl groups is 1. The maximum Gasteiger partial charge on any atom is 0.224 e. The lowest BCUT2D eigenvalue weighted by Gasteiger charge is -2.14. The fourth-order valence-electron chi connectivity index (χ4n) is 1.73. The first-order chi connectivity index (χ1) is 8.63. The molecule has 0 aliphatic carbocycles. The minimum absolute atomic E-state index is 0.00894. The van der Waals surface area contributed by atoms with Gasteiger partial charge in [0.05, 0.1) is 0 Å². The predicted octanol–water partition coefficient (Wildman–Crippen LogP) is 1.85. The van der Waals surface area contributed by atoms with Gasteiger partial charge in [0.2, 0.25) is 5.91 Å². The molecule has 18 heavy (non-hydrogen) atoms. The average Bonchev–Trinajstić information content (AvgIpc) is 2.31. The largest absolute Gasteiger partial charge is 0.396 e. The van der Waals surface area contributed by atoms with E-state index in [4.69, 9.17) is 5.11 Å². The van der Waals surface area contributed by atoms with Gasteiger partial charge in [0.25, 0.3) is 0 Å². The maximum atomic E-state index is 11.7. The van der Waals surface area contributed by atoms with Gasteiger partial charge in [-0.2, -0.15) is 0 Å². The minimum Gasteiger partial charge on any atom is -0.396 e. The Balaban J connectivity index is 2.57. The molecule has 1 aromatic rings. The molecule has 0 bridgehead atoms. The summed E-state index contributed by atoms with van der Waals surface area (Å²) in [6, 6.07) is 7.83. The molecule has 4 nitrogen and oxygen atoms in total. The zero-order chi connectivity index (χ0) is 13.4. The number of amides is 1. The van der Waals surface area contributed by atoms with Gasteiger partial charge in [0.1, 0.15) is 0 Å². The molecule has 0 atom stereocenters. The number of carbonyl (C=O) groups excluding carboxylic acids is 1. The summed E-state index contributed by atoms with van der Waals surface area (Å²) in [5, 5.41) is 11.6. The lowest BCUT2D eigenvalue weighted by Crippen LogP contribution is -2.16. The van der Waals surface area contributed by atoms with Crippen LogP contribution in [0.15, 0.2) is 24.3 Å². The van der Waals surface area contributed by atoms with Crippen molar-refractivity contribution in [3.05, 3.63) is 29.8 Å². The number of nitrogens with zero attached hydrogens (tertiary/aromatic N) is 1. The number of carbonyl (C=O) groups is 1. The molecule has 0 radical (unpaired) electrons. The fraction of sp³-hybridized carbons (Fsp3) is 0.500. The van der Waals surface area contributed by atoms with E-state index in [1.54, 1.807) is 0 Å². The van der Waals surface area contributed by atoms with Gasteiger partial charge in [0.15, 0.2) is 0 Å². The monoisotopic (exact) mass is 250 g/mol. The molecule has 0 aliphatic rings. The van der Waals surface area contributed by atoms with Crippen LogP contribution in [-0.4, -0.2) is 36.6 Å². The Kier molecular flexibility index (Phi) is 6.39. The second-order valence-corrected chi connectivity index (χ2v) is 4.62. The van der Waals surface area contributed by atoms with Gasteiger partial charge in [-0.05, 0) is 38.6 Å². The lowest BCUT2D eigenvalue weighted by atomic mass is 10.1. The first-order valence-electron chi connectivity index (χ1n) is 6.27. The van der Waals surface area contributed by atoms with Gasteiger partial charge < -0.3 is 15.3 Å². The summed E-state index contributed by atoms with van der Waals surface area (Å²) in [5.41, 5.74) is 1.98. The van der Waals surface area contributed by atoms with Crippen molar-refractivity contribution in [2.24, 2.45) is 0 Å². The van der Waals surface area contributed by atoms with Crippen LogP contribution in [0.3, 0.4) is 0 Å². The summed E-state index contributed by atoms with van der Waals surface area (Å²) >= 11 is 0. The molecule has 1 rings (SSSR count). The van der Waals surface area contributed by atoms with Crippen molar-refractivity contribution in [3.63, 3.8) is 0 Å². The van der Waals surface area contributed by atoms with Crippen LogP contribution < -0.4 is 5.32 Å². The zero-order valence-corrected chi connectivity index (χ0v) is 11.1. The van der Waals surface area contributed by atoms with E-state index in [0.717, 1.165) is 24.2 Å². The Bertz CT molecular complexity index is 378. The predicted molar refractivity (Wildman–Crippen MR) is 73.4 cm³/mol. The standard InChI is InChI=1S/C14H22N2O2/c1-16(2)11-12-7-3-4-8-13(12)15-14(18)9-5-6-10-17/h3-4,7-8,17H,5-6,9-11H2,1-2H3,(H,15,18). The third-order valence-corrected chi connectivity index (χ3v) is 2.59. The molecule has 0 heterocycles. The number of benzene rings is 1. The van der Waals surface area contributed by atoms with Crippen LogP contribution in [0, 0.1) is 0 Å². The highest BCUT2D eigenvalue weighted by molar-refractivity contribution is 5.91. The highest BCUT2D eigenvalue weighted by atomic mass is 16.2. The van der Waals surface area contributed by atoms with E-state index in [0.29, 0.717) is 12.8 Å². The minimum atomic E-state index is 0.00894. The topological polar surface area (TPSA) is 52.6 Å². The van der Waals surface area contributed by atoms with Crippen molar-refractivity contribution < 1.29 is 9.90 Å². The molecule has 0 spiro atoms. The van der Waals surface area contributed by atoms with E-state index in [2.05, 4.69) is 10.2 Å². The Morgan fingerprint density at radius 2 is 2.00 bits per heavy atom. The lowest BCUT2D eigenvalue weighted by molar-refractivity contribution is -0.116. The van der Waals surface area contributed by atoms with E-state index in [-0.39, 0.29) is 12.5 Å². The molecule has 0 saturated carbocycles. The van der Waals surface area contributed by atoms with Gasteiger partial charge in [-0.15, -0.1) is 0 Å². The number of hydrogen-bond acceptors (Lipinski definition) is 3. The van der Waals surface area contributed by atoms with Crippen molar-refractivity contribution in [2.45, 2.75) is 25.8 Å². The summed E-state index contributed by atoms with van der Waals surface area (Å²) < 4.78 is 0. The van der Waals surface area contributed by atoms with Crippen LogP contribution in [0.4, 0.5) is 5.69 Å². The normalized spacial score (nSPS) is 10.7. The third kappa shape index (κ3) is 5.29. The first kappa shape index (κ1) is 14.7. The highest BCUT2D eigenvalue weighted by Gasteiger charge is 2.06. The summed E-state index contributed by atoms with van der Waals surface area (Å²) in [4.78, 5) is 13.8. The van der Waals surface area contributed by atoms with Gasteiger partial charge in [0, 0.05) is 25.3 Å². The van der Waals surface area contributed by atoms with E-state index in [9.17, 15) is 4.79 Å². The van der Waals surface area contributed by atoms with Crippen molar-refractivity contribution in [1.82, 2.24) is 4.90 Å². The number of unbranched alkanes of at least 4 members (excludes halogenated alkanes) is 1. The van der Waals surface area contributed by atoms with Crippen molar-refractivity contribution in [3.8, 4) is 0 Å². The number of nitrogens with one attached hydrogen (secondary N) is 1. The van der Waals surface area contributed by atoms with Crippen LogP contribution in [0.2, 0.25) is 0 Å². The Morgan fingerprint density at radius 3 is 2.67 bits per heavy atom. The van der Waals surface area contributed by atoms with Crippen molar-refractivity contribution >= 4 is 11.6 Å². The number of hydrogen-bond donors (Lipinski definition) is 2. The molecule has 100 valence electrons. The Labute approximate surface area is 109 Å². The summed E-state index contributed by atoms with van der Waals surface area (Å²) in [5.74, 6) is 0.00894. The van der Waals surface area contributed by atoms with Crippen LogP contribution in [0.5, 0.6) is 0 Å². The van der Waals surface area contributed by atoms with Crippen LogP contribution in [0.1, 0.15) is 24.8 Å². The number of para-hydroxylation sites is 1. The molecular weight excluding hydrogens is 228 g/mol. The Hall–Kier alpha value is -1.39. The average molecular weight is 250 g/mol. The fourth-order valence-corrected chi connectivity index (χ4v) is 1.73. The van der Waals surface area contributed by atoms with Gasteiger partial charge in [-0.25, -0.2) is 0 Å². The number of anilines is 1. The summed E-state index contributed by atoms with van der Waals surface area (Å²) in [6.07, 6.45) is 1.85. The number of rotatable bonds is 7. The highest BCUT2D eigenvalue weighted by Crippen LogP contribution is 2.16. The molecule has 0 aliphatic heterocycles. The molecule has 0 saturated heterocycles. The molecular formula is C14H22N2O2. The van der Waals surface area contributed by atoms with E-state index in [1.807, 2.05) is 38.4 Å². The van der Waals surface area contributed by atoms with Crippen molar-refractivity contribution in [1.29, 1.82) is 0 Å². The van der Waals surface area contributed by atoms with Gasteiger partial charge in [-0.1, -0.05) is 18.2 Å². The van der Waals surface area contributed by atoms with Crippen LogP contribution in [0.25, 0.3) is 0 Å². The molecule has 0 fully saturated rings. The summed E-state index contributed by atoms with van der Waals surface area (Å²) in [6.45, 7) is 0.942. The molecule has 0 aromatic heterocycles. The zero-order valence-electron chi connectivity index (χ0n) is 11.1. The molecule has 2 N–H and O–H groups in total. The van der Waals surface area contributed by atoms with E-state index in [1.165, 1.54) is 0 Å². The third-order valence-electron chi connectivity index (χ3n) is 2.59. The molecule has 1 amide bonds. The number of aliphatic hydroxyl groups excluding tert-OH is 1. The van der Waals surface area contributed by atoms with Gasteiger partial charge in [-0.3, -0.25) is 4.79 Å². The first-order valence-corrected chi connectivity index (χ1v) is 6.27.